The number of urea groups is 1. The van der Waals surface area contributed by atoms with Gasteiger partial charge in [-0.3, -0.25) is 4.79 Å². The van der Waals surface area contributed by atoms with Crippen LogP contribution in [0.3, 0.4) is 0 Å². The van der Waals surface area contributed by atoms with Crippen molar-refractivity contribution < 1.29 is 9.59 Å². The summed E-state index contributed by atoms with van der Waals surface area (Å²) in [5.41, 5.74) is 0.347. The maximum Gasteiger partial charge on any atom is 0.328 e. The van der Waals surface area contributed by atoms with Crippen LogP contribution in [0.4, 0.5) is 10.5 Å². The fraction of sp³-hybridized carbons (Fsp3) is 0.333. The van der Waals surface area contributed by atoms with Gasteiger partial charge in [-0.2, -0.15) is 0 Å². The van der Waals surface area contributed by atoms with E-state index in [9.17, 15) is 9.59 Å². The van der Waals surface area contributed by atoms with Crippen LogP contribution in [0.15, 0.2) is 30.3 Å². The zero-order chi connectivity index (χ0) is 11.2. The quantitative estimate of drug-likeness (QED) is 0.773. The molecule has 1 spiro atoms. The Morgan fingerprint density at radius 1 is 1.12 bits per heavy atom. The molecule has 0 radical (unpaired) electrons. The molecule has 1 aliphatic heterocycles. The molecule has 16 heavy (non-hydrogen) atoms. The number of hydrogen-bond donors (Lipinski definition) is 1. The second kappa shape index (κ2) is 3.07. The molecule has 1 aliphatic carbocycles. The van der Waals surface area contributed by atoms with E-state index in [1.54, 1.807) is 12.1 Å². The summed E-state index contributed by atoms with van der Waals surface area (Å²) in [5, 5.41) is 2.78. The zero-order valence-electron chi connectivity index (χ0n) is 8.77. The first-order chi connectivity index (χ1) is 7.73. The molecule has 0 aromatic heterocycles. The molecule has 0 atom stereocenters. The van der Waals surface area contributed by atoms with Gasteiger partial charge in [-0.15, -0.1) is 0 Å². The molecule has 0 bridgehead atoms. The number of para-hydroxylation sites is 1. The first kappa shape index (κ1) is 9.39. The maximum absolute atomic E-state index is 12.2. The second-order valence-electron chi connectivity index (χ2n) is 4.42. The number of rotatable bonds is 1. The molecule has 4 heteroatoms. The van der Waals surface area contributed by atoms with Crippen molar-refractivity contribution in [3.8, 4) is 0 Å². The number of carbonyl (C=O) groups is 2. The van der Waals surface area contributed by atoms with Gasteiger partial charge in [0.1, 0.15) is 0 Å². The number of carbonyl (C=O) groups excluding carboxylic acids is 2. The highest BCUT2D eigenvalue weighted by molar-refractivity contribution is 6.18. The Morgan fingerprint density at radius 2 is 1.81 bits per heavy atom. The van der Waals surface area contributed by atoms with Crippen LogP contribution in [0.5, 0.6) is 0 Å². The molecule has 2 fully saturated rings. The summed E-state index contributed by atoms with van der Waals surface area (Å²) in [5.74, 6) is -0.0533. The average Bonchev–Trinajstić information content (AvgIpc) is 3.07. The second-order valence-corrected chi connectivity index (χ2v) is 4.42. The van der Waals surface area contributed by atoms with Crippen LogP contribution >= 0.6 is 0 Å². The molecule has 1 saturated carbocycles. The molecular formula is C12H12N2O2. The van der Waals surface area contributed by atoms with Gasteiger partial charge < -0.3 is 5.32 Å². The number of amides is 3. The summed E-state index contributed by atoms with van der Waals surface area (Å²) >= 11 is 0. The lowest BCUT2D eigenvalue weighted by Crippen LogP contribution is -2.56. The summed E-state index contributed by atoms with van der Waals surface area (Å²) in [6.45, 7) is 0.494. The Labute approximate surface area is 93.2 Å². The molecular weight excluding hydrogens is 204 g/mol. The summed E-state index contributed by atoms with van der Waals surface area (Å²) in [6.07, 6.45) is 1.77. The molecule has 1 aromatic carbocycles. The van der Waals surface area contributed by atoms with Crippen LogP contribution in [0.1, 0.15) is 12.8 Å². The average molecular weight is 216 g/mol. The van der Waals surface area contributed by atoms with Crippen molar-refractivity contribution in [2.45, 2.75) is 12.8 Å². The van der Waals surface area contributed by atoms with Gasteiger partial charge in [-0.1, -0.05) is 18.2 Å². The fourth-order valence-corrected chi connectivity index (χ4v) is 2.08. The van der Waals surface area contributed by atoms with Crippen LogP contribution < -0.4 is 10.2 Å². The lowest BCUT2D eigenvalue weighted by atomic mass is 10.0. The molecule has 3 amide bonds. The number of nitrogens with one attached hydrogen (secondary N) is 1. The van der Waals surface area contributed by atoms with Gasteiger partial charge in [0, 0.05) is 6.54 Å². The van der Waals surface area contributed by atoms with Gasteiger partial charge in [-0.25, -0.2) is 9.69 Å². The number of benzene rings is 1. The van der Waals surface area contributed by atoms with Crippen LogP contribution in [-0.2, 0) is 4.79 Å². The summed E-state index contributed by atoms with van der Waals surface area (Å²) in [7, 11) is 0. The predicted molar refractivity (Wildman–Crippen MR) is 59.0 cm³/mol. The summed E-state index contributed by atoms with van der Waals surface area (Å²) in [4.78, 5) is 25.2. The van der Waals surface area contributed by atoms with Crippen molar-refractivity contribution in [2.24, 2.45) is 5.41 Å². The van der Waals surface area contributed by atoms with E-state index in [4.69, 9.17) is 0 Å². The molecule has 82 valence electrons. The number of hydrogen-bond acceptors (Lipinski definition) is 2. The topological polar surface area (TPSA) is 49.4 Å². The van der Waals surface area contributed by atoms with E-state index in [2.05, 4.69) is 5.32 Å². The monoisotopic (exact) mass is 216 g/mol. The summed E-state index contributed by atoms with van der Waals surface area (Å²) < 4.78 is 0. The Kier molecular flexibility index (Phi) is 1.80. The highest BCUT2D eigenvalue weighted by atomic mass is 16.2. The molecule has 1 heterocycles. The molecule has 0 unspecified atom stereocenters. The minimum absolute atomic E-state index is 0.0533. The SMILES string of the molecule is O=C1NCC2(CC2)C(=O)N1c1ccccc1. The maximum atomic E-state index is 12.2. The summed E-state index contributed by atoms with van der Waals surface area (Å²) in [6, 6.07) is 8.75. The smallest absolute Gasteiger partial charge is 0.328 e. The minimum Gasteiger partial charge on any atom is -0.336 e. The standard InChI is InChI=1S/C12H12N2O2/c15-10-12(6-7-12)8-13-11(16)14(10)9-4-2-1-3-5-9/h1-5H,6-8H2,(H,13,16). The third-order valence-corrected chi connectivity index (χ3v) is 3.31. The van der Waals surface area contributed by atoms with Crippen molar-refractivity contribution in [1.29, 1.82) is 0 Å². The third-order valence-electron chi connectivity index (χ3n) is 3.31. The highest BCUT2D eigenvalue weighted by Gasteiger charge is 2.56. The first-order valence-corrected chi connectivity index (χ1v) is 5.40. The Hall–Kier alpha value is -1.84. The van der Waals surface area contributed by atoms with Gasteiger partial charge in [0.25, 0.3) is 0 Å². The Balaban J connectivity index is 1.98. The van der Waals surface area contributed by atoms with Gasteiger partial charge in [0.05, 0.1) is 11.1 Å². The lowest BCUT2D eigenvalue weighted by molar-refractivity contribution is -0.123. The van der Waals surface area contributed by atoms with Crippen LogP contribution in [0.25, 0.3) is 0 Å². The van der Waals surface area contributed by atoms with Gasteiger partial charge in [0.15, 0.2) is 0 Å². The van der Waals surface area contributed by atoms with Gasteiger partial charge in [-0.05, 0) is 25.0 Å². The van der Waals surface area contributed by atoms with E-state index >= 15 is 0 Å². The molecule has 3 rings (SSSR count). The number of nitrogens with zero attached hydrogens (tertiary/aromatic N) is 1. The van der Waals surface area contributed by atoms with Crippen molar-refractivity contribution in [2.75, 3.05) is 11.4 Å². The van der Waals surface area contributed by atoms with E-state index in [1.165, 1.54) is 4.90 Å². The van der Waals surface area contributed by atoms with Crippen molar-refractivity contribution >= 4 is 17.6 Å². The van der Waals surface area contributed by atoms with Crippen LogP contribution in [0, 0.1) is 5.41 Å². The molecule has 1 saturated heterocycles. The van der Waals surface area contributed by atoms with Gasteiger partial charge in [0.2, 0.25) is 5.91 Å². The van der Waals surface area contributed by atoms with E-state index in [-0.39, 0.29) is 17.4 Å². The number of anilines is 1. The molecule has 1 N–H and O–H groups in total. The van der Waals surface area contributed by atoms with Crippen LogP contribution in [-0.4, -0.2) is 18.5 Å². The minimum atomic E-state index is -0.311. The molecule has 1 aromatic rings. The lowest BCUT2D eigenvalue weighted by Gasteiger charge is -2.31. The van der Waals surface area contributed by atoms with E-state index < -0.39 is 0 Å². The third kappa shape index (κ3) is 1.23. The number of imide groups is 1. The normalized spacial score (nSPS) is 22.1. The molecule has 4 nitrogen and oxygen atoms in total. The fourth-order valence-electron chi connectivity index (χ4n) is 2.08. The van der Waals surface area contributed by atoms with Crippen molar-refractivity contribution in [3.05, 3.63) is 30.3 Å². The van der Waals surface area contributed by atoms with E-state index in [0.29, 0.717) is 12.2 Å². The van der Waals surface area contributed by atoms with E-state index in [1.807, 2.05) is 18.2 Å². The highest BCUT2D eigenvalue weighted by Crippen LogP contribution is 2.48. The van der Waals surface area contributed by atoms with Gasteiger partial charge >= 0.3 is 6.03 Å². The largest absolute Gasteiger partial charge is 0.336 e. The Bertz CT molecular complexity index is 451. The Morgan fingerprint density at radius 3 is 2.44 bits per heavy atom. The molecule has 2 aliphatic rings. The first-order valence-electron chi connectivity index (χ1n) is 5.40. The van der Waals surface area contributed by atoms with Crippen molar-refractivity contribution in [1.82, 2.24) is 5.32 Å². The van der Waals surface area contributed by atoms with Crippen molar-refractivity contribution in [3.63, 3.8) is 0 Å². The predicted octanol–water partition coefficient (Wildman–Crippen LogP) is 1.52. The van der Waals surface area contributed by atoms with E-state index in [0.717, 1.165) is 12.8 Å². The van der Waals surface area contributed by atoms with Crippen LogP contribution in [0.2, 0.25) is 0 Å². The zero-order valence-corrected chi connectivity index (χ0v) is 8.77.